The Hall–Kier alpha value is -5.56. The lowest BCUT2D eigenvalue weighted by molar-refractivity contribution is 0.393. The van der Waals surface area contributed by atoms with Crippen LogP contribution in [0.15, 0.2) is 104 Å². The number of aryl methyl sites for hydroxylation is 2. The third-order valence-electron chi connectivity index (χ3n) is 8.51. The summed E-state index contributed by atoms with van der Waals surface area (Å²) in [6, 6.07) is 28.9. The lowest BCUT2D eigenvalue weighted by Gasteiger charge is -2.16. The van der Waals surface area contributed by atoms with Crippen molar-refractivity contribution in [2.24, 2.45) is 0 Å². The number of aromatic nitrogens is 4. The minimum Gasteiger partial charge on any atom is -0.496 e. The Kier molecular flexibility index (Phi) is 7.45. The first-order valence-electron chi connectivity index (χ1n) is 15.4. The molecule has 3 heterocycles. The van der Waals surface area contributed by atoms with Gasteiger partial charge in [-0.05, 0) is 85.0 Å². The molecule has 7 nitrogen and oxygen atoms in total. The molecule has 0 amide bonds. The zero-order valence-corrected chi connectivity index (χ0v) is 26.9. The molecule has 0 spiro atoms. The summed E-state index contributed by atoms with van der Waals surface area (Å²) < 4.78 is 22.1. The molecule has 0 aliphatic carbocycles. The Morgan fingerprint density at radius 3 is 2.22 bits per heavy atom. The van der Waals surface area contributed by atoms with E-state index in [1.165, 1.54) is 10.9 Å². The van der Waals surface area contributed by atoms with Crippen molar-refractivity contribution in [3.8, 4) is 45.6 Å². The van der Waals surface area contributed by atoms with Gasteiger partial charge in [-0.25, -0.2) is 9.67 Å². The molecule has 0 unspecified atom stereocenters. The van der Waals surface area contributed by atoms with Crippen molar-refractivity contribution in [3.63, 3.8) is 0 Å². The largest absolute Gasteiger partial charge is 0.496 e. The quantitative estimate of drug-likeness (QED) is 0.172. The van der Waals surface area contributed by atoms with Gasteiger partial charge in [-0.2, -0.15) is 5.10 Å². The number of hydrogen-bond donors (Lipinski definition) is 0. The molecule has 0 saturated carbocycles. The number of ether oxygens (including phenoxy) is 3. The van der Waals surface area contributed by atoms with Gasteiger partial charge in [-0.15, -0.1) is 0 Å². The fourth-order valence-electron chi connectivity index (χ4n) is 6.34. The summed E-state index contributed by atoms with van der Waals surface area (Å²) in [4.78, 5) is 4.78. The molecule has 0 aliphatic heterocycles. The summed E-state index contributed by atoms with van der Waals surface area (Å²) in [5.41, 5.74) is 8.13. The molecule has 0 aliphatic rings. The highest BCUT2D eigenvalue weighted by molar-refractivity contribution is 6.09. The van der Waals surface area contributed by atoms with E-state index in [0.717, 1.165) is 67.4 Å². The predicted octanol–water partition coefficient (Wildman–Crippen LogP) is 9.58. The highest BCUT2D eigenvalue weighted by Gasteiger charge is 2.20. The fraction of sp³-hybridized carbons (Fsp3) is 0.179. The van der Waals surface area contributed by atoms with Crippen molar-refractivity contribution in [2.75, 3.05) is 14.2 Å². The Balaban J connectivity index is 1.26. The van der Waals surface area contributed by atoms with Gasteiger partial charge in [0.2, 0.25) is 0 Å². The molecule has 0 N–H and O–H groups in total. The van der Waals surface area contributed by atoms with Gasteiger partial charge in [0, 0.05) is 40.9 Å². The molecule has 7 rings (SSSR count). The first-order chi connectivity index (χ1) is 22.4. The second kappa shape index (κ2) is 11.7. The number of benzene rings is 4. The molecule has 7 aromatic rings. The minimum absolute atomic E-state index is 0.400. The molecule has 4 aromatic carbocycles. The summed E-state index contributed by atoms with van der Waals surface area (Å²) in [5, 5.41) is 7.01. The van der Waals surface area contributed by atoms with Crippen LogP contribution in [0.1, 0.15) is 36.5 Å². The number of rotatable bonds is 8. The Bertz CT molecular complexity index is 2200. The van der Waals surface area contributed by atoms with Crippen LogP contribution in [0, 0.1) is 13.8 Å². The second-order valence-electron chi connectivity index (χ2n) is 11.9. The van der Waals surface area contributed by atoms with Gasteiger partial charge in [0.1, 0.15) is 28.8 Å². The smallest absolute Gasteiger partial charge is 0.137 e. The topological polar surface area (TPSA) is 63.3 Å². The maximum atomic E-state index is 6.48. The summed E-state index contributed by atoms with van der Waals surface area (Å²) in [7, 11) is 3.37. The molecule has 0 atom stereocenters. The molecule has 230 valence electrons. The molecule has 0 bridgehead atoms. The molecule has 3 aromatic heterocycles. The minimum atomic E-state index is 0.400. The third-order valence-corrected chi connectivity index (χ3v) is 8.51. The summed E-state index contributed by atoms with van der Waals surface area (Å²) in [6.45, 7) is 8.48. The average molecular weight is 609 g/mol. The predicted molar refractivity (Wildman–Crippen MR) is 184 cm³/mol. The van der Waals surface area contributed by atoms with E-state index in [-0.39, 0.29) is 0 Å². The Morgan fingerprint density at radius 1 is 0.717 bits per heavy atom. The van der Waals surface area contributed by atoms with Crippen LogP contribution in [-0.4, -0.2) is 33.6 Å². The summed E-state index contributed by atoms with van der Waals surface area (Å²) in [5.74, 6) is 4.29. The highest BCUT2D eigenvalue weighted by atomic mass is 16.5. The number of fused-ring (bicyclic) bond motifs is 3. The maximum absolute atomic E-state index is 6.48. The van der Waals surface area contributed by atoms with Crippen molar-refractivity contribution < 1.29 is 14.2 Å². The molecular formula is C39H36N4O3. The molecule has 0 fully saturated rings. The van der Waals surface area contributed by atoms with E-state index in [2.05, 4.69) is 73.0 Å². The Morgan fingerprint density at radius 2 is 1.46 bits per heavy atom. The number of hydrogen-bond acceptors (Lipinski definition) is 5. The van der Waals surface area contributed by atoms with Gasteiger partial charge < -0.3 is 14.2 Å². The number of pyridine rings is 1. The van der Waals surface area contributed by atoms with Crippen LogP contribution in [0.5, 0.6) is 23.0 Å². The van der Waals surface area contributed by atoms with Crippen LogP contribution >= 0.6 is 0 Å². The third kappa shape index (κ3) is 5.04. The van der Waals surface area contributed by atoms with Crippen molar-refractivity contribution in [3.05, 3.63) is 120 Å². The summed E-state index contributed by atoms with van der Waals surface area (Å²) >= 11 is 0. The van der Waals surface area contributed by atoms with Crippen LogP contribution in [0.4, 0.5) is 0 Å². The van der Waals surface area contributed by atoms with Crippen molar-refractivity contribution in [1.29, 1.82) is 0 Å². The lowest BCUT2D eigenvalue weighted by Crippen LogP contribution is -1.99. The maximum Gasteiger partial charge on any atom is 0.137 e. The molecular weight excluding hydrogens is 572 g/mol. The van der Waals surface area contributed by atoms with E-state index in [4.69, 9.17) is 24.3 Å². The zero-order chi connectivity index (χ0) is 31.9. The van der Waals surface area contributed by atoms with Crippen LogP contribution in [0.3, 0.4) is 0 Å². The van der Waals surface area contributed by atoms with E-state index in [0.29, 0.717) is 11.7 Å². The standard InChI is InChI=1S/C39H36N4O3/c1-24(2)27-16-17-40-36(19-27)43-34-13-8-7-12-32(34)33-15-14-31(21-35(33)43)46-30-11-9-10-29(20-30)42-23-28(22-41-42)37-38(44-5)25(3)18-26(4)39(37)45-6/h7-24H,1-6H3. The number of nitrogens with zero attached hydrogens (tertiary/aromatic N) is 4. The molecule has 0 radical (unpaired) electrons. The lowest BCUT2D eigenvalue weighted by atomic mass is 9.99. The van der Waals surface area contributed by atoms with Crippen LogP contribution in [0.25, 0.3) is 44.4 Å². The second-order valence-corrected chi connectivity index (χ2v) is 11.9. The van der Waals surface area contributed by atoms with Crippen LogP contribution in [0.2, 0.25) is 0 Å². The first kappa shape index (κ1) is 29.2. The summed E-state index contributed by atoms with van der Waals surface area (Å²) in [6.07, 6.45) is 5.72. The van der Waals surface area contributed by atoms with Gasteiger partial charge in [-0.3, -0.25) is 4.57 Å². The molecule has 0 saturated heterocycles. The fourth-order valence-corrected chi connectivity index (χ4v) is 6.34. The zero-order valence-electron chi connectivity index (χ0n) is 26.9. The van der Waals surface area contributed by atoms with Gasteiger partial charge in [0.05, 0.1) is 42.7 Å². The Labute approximate surface area is 268 Å². The SMILES string of the molecule is COc1c(C)cc(C)c(OC)c1-c1cnn(-c2cccc(Oc3ccc4c5ccccc5n(-c5cc(C(C)C)ccn5)c4c3)c2)c1. The van der Waals surface area contributed by atoms with Gasteiger partial charge in [0.15, 0.2) is 0 Å². The highest BCUT2D eigenvalue weighted by Crippen LogP contribution is 2.43. The van der Waals surface area contributed by atoms with E-state index in [1.54, 1.807) is 14.2 Å². The van der Waals surface area contributed by atoms with Crippen LogP contribution < -0.4 is 14.2 Å². The van der Waals surface area contributed by atoms with Crippen molar-refractivity contribution in [1.82, 2.24) is 19.3 Å². The van der Waals surface area contributed by atoms with Crippen LogP contribution in [-0.2, 0) is 0 Å². The van der Waals surface area contributed by atoms with E-state index < -0.39 is 0 Å². The average Bonchev–Trinajstić information content (AvgIpc) is 3.68. The molecule has 46 heavy (non-hydrogen) atoms. The van der Waals surface area contributed by atoms with Crippen molar-refractivity contribution in [2.45, 2.75) is 33.6 Å². The monoisotopic (exact) mass is 608 g/mol. The van der Waals surface area contributed by atoms with Gasteiger partial charge in [-0.1, -0.05) is 38.1 Å². The van der Waals surface area contributed by atoms with Gasteiger partial charge in [0.25, 0.3) is 0 Å². The molecule has 7 heteroatoms. The number of para-hydroxylation sites is 1. The normalized spacial score (nSPS) is 11.5. The van der Waals surface area contributed by atoms with E-state index in [9.17, 15) is 0 Å². The van der Waals surface area contributed by atoms with Crippen molar-refractivity contribution >= 4 is 21.8 Å². The van der Waals surface area contributed by atoms with E-state index >= 15 is 0 Å². The van der Waals surface area contributed by atoms with Gasteiger partial charge >= 0.3 is 0 Å². The first-order valence-corrected chi connectivity index (χ1v) is 15.4. The van der Waals surface area contributed by atoms with E-state index in [1.807, 2.05) is 67.5 Å². The number of methoxy groups -OCH3 is 2.